The first-order chi connectivity index (χ1) is 26.9. The monoisotopic (exact) mass is 900 g/mol. The van der Waals surface area contributed by atoms with Crippen LogP contribution in [-0.4, -0.2) is 64.7 Å². The van der Waals surface area contributed by atoms with E-state index in [2.05, 4.69) is 44.0 Å². The van der Waals surface area contributed by atoms with Gasteiger partial charge < -0.3 is 37.9 Å². The molecule has 0 bridgehead atoms. The molecule has 0 radical (unpaired) electrons. The molecule has 1 aliphatic heterocycles. The van der Waals surface area contributed by atoms with Crippen molar-refractivity contribution in [2.24, 2.45) is 0 Å². The fourth-order valence-electron chi connectivity index (χ4n) is 6.06. The minimum atomic E-state index is -0.759. The Balaban J connectivity index is 1.41. The molecule has 0 aliphatic carbocycles. The van der Waals surface area contributed by atoms with Gasteiger partial charge in [0, 0.05) is 27.7 Å². The van der Waals surface area contributed by atoms with Crippen LogP contribution in [0.3, 0.4) is 0 Å². The van der Waals surface area contributed by atoms with Gasteiger partial charge in [-0.2, -0.15) is 0 Å². The molecule has 0 N–H and O–H groups in total. The van der Waals surface area contributed by atoms with E-state index in [1.807, 2.05) is 97.1 Å². The minimum absolute atomic E-state index is 0.242. The quantitative estimate of drug-likeness (QED) is 0.0538. The molecule has 296 valence electrons. The Morgan fingerprint density at radius 2 is 1.24 bits per heavy atom. The largest absolute Gasteiger partial charge is 0.497 e. The molecule has 8 nitrogen and oxygen atoms in total. The number of unbranched alkanes of at least 4 members (excludes halogenated alkanes) is 2. The maximum Gasteiger partial charge on any atom is 0.186 e. The summed E-state index contributed by atoms with van der Waals surface area (Å²) in [5.41, 5.74) is 3.98. The van der Waals surface area contributed by atoms with Gasteiger partial charge in [-0.1, -0.05) is 110 Å². The molecule has 5 rings (SSSR count). The Morgan fingerprint density at radius 1 is 0.636 bits per heavy atom. The first kappa shape index (κ1) is 43.5. The van der Waals surface area contributed by atoms with Crippen molar-refractivity contribution < 1.29 is 37.9 Å². The Labute approximate surface area is 347 Å². The maximum absolute atomic E-state index is 6.87. The molecule has 0 saturated carbocycles. The molecule has 0 amide bonds. The second-order valence-corrected chi connectivity index (χ2v) is 15.4. The van der Waals surface area contributed by atoms with Crippen molar-refractivity contribution in [1.29, 1.82) is 0 Å². The zero-order valence-corrected chi connectivity index (χ0v) is 35.4. The van der Waals surface area contributed by atoms with Crippen LogP contribution >= 0.6 is 43.5 Å². The Bertz CT molecular complexity index is 1690. The molecule has 4 aromatic carbocycles. The van der Waals surface area contributed by atoms with Gasteiger partial charge in [-0.3, -0.25) is 0 Å². The third-order valence-corrected chi connectivity index (χ3v) is 10.6. The molecular formula is C44H51Br2ClO8. The molecule has 1 unspecified atom stereocenters. The van der Waals surface area contributed by atoms with Gasteiger partial charge in [0.25, 0.3) is 0 Å². The van der Waals surface area contributed by atoms with Crippen LogP contribution in [0.25, 0.3) is 0 Å². The normalized spacial score (nSPS) is 19.9. The fraction of sp³-hybridized carbons (Fsp3) is 0.409. The molecule has 4 aromatic rings. The van der Waals surface area contributed by atoms with Crippen LogP contribution in [0.4, 0.5) is 0 Å². The fourth-order valence-corrected chi connectivity index (χ4v) is 6.85. The summed E-state index contributed by atoms with van der Waals surface area (Å²) in [6, 6.07) is 31.5. The summed E-state index contributed by atoms with van der Waals surface area (Å²) in [5.74, 6) is 0.773. The first-order valence-corrected chi connectivity index (χ1v) is 20.6. The standard InChI is InChI=1S/C44H51Br2ClO8/c1-48-25-9-5-3-4-6-10-26-51-44-43(53-29-34-17-23-38(49-2)24-18-34)42(54-30-35-11-7-8-12-39(35)46)41(52-28-33-15-21-37(47)22-16-33)40(55-44)31-50-27-32-13-19-36(45)20-14-32/h3-4,7-8,11-24,40-44H,5-6,9-10,25-31H2,1-2H3/b4-3-/t40-,41-,42+,43?,44-/m1/s1. The molecule has 0 spiro atoms. The van der Waals surface area contributed by atoms with Crippen molar-refractivity contribution in [2.45, 2.75) is 82.8 Å². The number of halogens is 3. The molecule has 1 heterocycles. The number of allylic oxidation sites excluding steroid dienone is 2. The van der Waals surface area contributed by atoms with E-state index >= 15 is 0 Å². The number of rotatable bonds is 23. The van der Waals surface area contributed by atoms with Crippen molar-refractivity contribution in [2.75, 3.05) is 34.0 Å². The van der Waals surface area contributed by atoms with Crippen molar-refractivity contribution >= 4 is 43.5 Å². The van der Waals surface area contributed by atoms with Crippen molar-refractivity contribution in [1.82, 2.24) is 0 Å². The van der Waals surface area contributed by atoms with Gasteiger partial charge in [0.15, 0.2) is 6.29 Å². The maximum atomic E-state index is 6.87. The molecule has 1 saturated heterocycles. The molecule has 11 heteroatoms. The van der Waals surface area contributed by atoms with Crippen molar-refractivity contribution in [3.05, 3.63) is 145 Å². The molecular weight excluding hydrogens is 852 g/mol. The highest BCUT2D eigenvalue weighted by Gasteiger charge is 2.49. The summed E-state index contributed by atoms with van der Waals surface area (Å²) in [5, 5.41) is 0.659. The highest BCUT2D eigenvalue weighted by Crippen LogP contribution is 2.33. The highest BCUT2D eigenvalue weighted by atomic mass is 79.9. The lowest BCUT2D eigenvalue weighted by Crippen LogP contribution is -2.61. The van der Waals surface area contributed by atoms with E-state index < -0.39 is 30.7 Å². The first-order valence-electron chi connectivity index (χ1n) is 18.6. The van der Waals surface area contributed by atoms with Crippen LogP contribution in [0.1, 0.15) is 47.9 Å². The third-order valence-electron chi connectivity index (χ3n) is 9.08. The van der Waals surface area contributed by atoms with E-state index in [1.54, 1.807) is 14.2 Å². The molecule has 55 heavy (non-hydrogen) atoms. The third kappa shape index (κ3) is 14.7. The lowest BCUT2D eigenvalue weighted by molar-refractivity contribution is -0.328. The second-order valence-electron chi connectivity index (χ2n) is 13.2. The predicted octanol–water partition coefficient (Wildman–Crippen LogP) is 10.7. The Kier molecular flexibility index (Phi) is 19.2. The molecule has 0 aromatic heterocycles. The summed E-state index contributed by atoms with van der Waals surface area (Å²) < 4.78 is 52.6. The van der Waals surface area contributed by atoms with Crippen LogP contribution in [0.15, 0.2) is 118 Å². The lowest BCUT2D eigenvalue weighted by Gasteiger charge is -2.46. The van der Waals surface area contributed by atoms with Crippen molar-refractivity contribution in [3.8, 4) is 5.75 Å². The van der Waals surface area contributed by atoms with Crippen LogP contribution < -0.4 is 4.74 Å². The number of hydrogen-bond donors (Lipinski definition) is 0. The highest BCUT2D eigenvalue weighted by molar-refractivity contribution is 9.10. The average molecular weight is 903 g/mol. The van der Waals surface area contributed by atoms with E-state index in [4.69, 9.17) is 49.5 Å². The number of methoxy groups -OCH3 is 2. The smallest absolute Gasteiger partial charge is 0.186 e. The van der Waals surface area contributed by atoms with Gasteiger partial charge in [-0.25, -0.2) is 0 Å². The number of benzene rings is 4. The van der Waals surface area contributed by atoms with Crippen LogP contribution in [0, 0.1) is 0 Å². The van der Waals surface area contributed by atoms with E-state index in [-0.39, 0.29) is 6.61 Å². The minimum Gasteiger partial charge on any atom is -0.497 e. The van der Waals surface area contributed by atoms with Crippen LogP contribution in [0.5, 0.6) is 5.75 Å². The zero-order chi connectivity index (χ0) is 38.7. The zero-order valence-electron chi connectivity index (χ0n) is 31.5. The van der Waals surface area contributed by atoms with Gasteiger partial charge in [0.05, 0.1) is 46.8 Å². The van der Waals surface area contributed by atoms with E-state index in [0.717, 1.165) is 69.2 Å². The van der Waals surface area contributed by atoms with Crippen molar-refractivity contribution in [3.63, 3.8) is 0 Å². The second kappa shape index (κ2) is 24.2. The summed E-state index contributed by atoms with van der Waals surface area (Å²) in [6.07, 6.45) is 4.94. The molecule has 1 aliphatic rings. The summed E-state index contributed by atoms with van der Waals surface area (Å²) in [6.45, 7) is 2.78. The van der Waals surface area contributed by atoms with Crippen LogP contribution in [-0.2, 0) is 59.6 Å². The van der Waals surface area contributed by atoms with Gasteiger partial charge in [0.2, 0.25) is 0 Å². The topological polar surface area (TPSA) is 73.8 Å². The number of hydrogen-bond acceptors (Lipinski definition) is 8. The van der Waals surface area contributed by atoms with E-state index in [9.17, 15) is 0 Å². The van der Waals surface area contributed by atoms with Gasteiger partial charge in [-0.15, -0.1) is 0 Å². The van der Waals surface area contributed by atoms with Gasteiger partial charge in [-0.05, 0) is 90.4 Å². The van der Waals surface area contributed by atoms with E-state index in [0.29, 0.717) is 38.1 Å². The summed E-state index contributed by atoms with van der Waals surface area (Å²) in [7, 11) is 3.38. The number of ether oxygens (including phenoxy) is 8. The molecule has 5 atom stereocenters. The summed E-state index contributed by atoms with van der Waals surface area (Å²) in [4.78, 5) is 0. The van der Waals surface area contributed by atoms with Gasteiger partial charge in [0.1, 0.15) is 30.2 Å². The predicted molar refractivity (Wildman–Crippen MR) is 222 cm³/mol. The SMILES string of the molecule is COCCC/C=C\CCCO[C@@H]1O[C@H](COCc2ccc(Br)cc2)[C@@H](OCc2ccc(Cl)cc2)[C@H](OCc2ccccc2Br)C1OCc1ccc(OC)cc1. The Hall–Kier alpha value is -2.61. The Morgan fingerprint density at radius 3 is 1.91 bits per heavy atom. The van der Waals surface area contributed by atoms with E-state index in [1.165, 1.54) is 0 Å². The molecule has 1 fully saturated rings. The van der Waals surface area contributed by atoms with Crippen LogP contribution in [0.2, 0.25) is 5.02 Å². The lowest BCUT2D eigenvalue weighted by atomic mass is 9.97. The summed E-state index contributed by atoms with van der Waals surface area (Å²) >= 11 is 13.4. The van der Waals surface area contributed by atoms with Gasteiger partial charge >= 0.3 is 0 Å². The average Bonchev–Trinajstić information content (AvgIpc) is 3.20.